The third kappa shape index (κ3) is 6.82. The van der Waals surface area contributed by atoms with Crippen LogP contribution in [0.3, 0.4) is 0 Å². The Balaban J connectivity index is 1.16. The van der Waals surface area contributed by atoms with Crippen molar-refractivity contribution in [2.75, 3.05) is 30.3 Å². The minimum Gasteiger partial charge on any atom is -0.345 e. The molecule has 2 amide bonds. The van der Waals surface area contributed by atoms with Gasteiger partial charge in [-0.25, -0.2) is 8.42 Å². The Bertz CT molecular complexity index is 1800. The number of amides is 2. The van der Waals surface area contributed by atoms with Gasteiger partial charge in [-0.3, -0.25) is 14.2 Å². The number of benzene rings is 3. The molecular weight excluding hydrogens is 609 g/mol. The molecule has 0 atom stereocenters. The highest BCUT2D eigenvalue weighted by Crippen LogP contribution is 2.29. The zero-order valence-corrected chi connectivity index (χ0v) is 26.8. The molecule has 4 aromatic rings. The lowest BCUT2D eigenvalue weighted by atomic mass is 10.0. The van der Waals surface area contributed by atoms with Gasteiger partial charge < -0.3 is 10.2 Å². The maximum atomic E-state index is 13.3. The van der Waals surface area contributed by atoms with Gasteiger partial charge in [0.25, 0.3) is 5.91 Å². The van der Waals surface area contributed by atoms with E-state index in [0.29, 0.717) is 36.2 Å². The SMILES string of the molecule is Cc1cccc(-n2c(CNC(=O)c3ccc(S(=O)(=O)N4CCCCC4)cc3)nnc2SCC(=O)N2CCCc3ccccc32)c1. The molecule has 1 N–H and O–H groups in total. The predicted octanol–water partition coefficient (Wildman–Crippen LogP) is 4.75. The molecular formula is C33H36N6O4S2. The minimum atomic E-state index is -3.58. The maximum Gasteiger partial charge on any atom is 0.251 e. The molecule has 0 unspecified atom stereocenters. The molecule has 45 heavy (non-hydrogen) atoms. The fraction of sp³-hybridized carbons (Fsp3) is 0.333. The van der Waals surface area contributed by atoms with E-state index in [4.69, 9.17) is 0 Å². The summed E-state index contributed by atoms with van der Waals surface area (Å²) in [4.78, 5) is 28.5. The van der Waals surface area contributed by atoms with Crippen molar-refractivity contribution in [3.63, 3.8) is 0 Å². The Kier molecular flexibility index (Phi) is 9.34. The van der Waals surface area contributed by atoms with Crippen molar-refractivity contribution in [3.8, 4) is 5.69 Å². The van der Waals surface area contributed by atoms with Crippen LogP contribution in [0.5, 0.6) is 0 Å². The van der Waals surface area contributed by atoms with Gasteiger partial charge in [0.15, 0.2) is 11.0 Å². The summed E-state index contributed by atoms with van der Waals surface area (Å²) in [5, 5.41) is 12.2. The second-order valence-electron chi connectivity index (χ2n) is 11.3. The summed E-state index contributed by atoms with van der Waals surface area (Å²) in [6.45, 7) is 3.80. The van der Waals surface area contributed by atoms with Crippen molar-refractivity contribution >= 4 is 39.3 Å². The molecule has 3 heterocycles. The summed E-state index contributed by atoms with van der Waals surface area (Å²) in [7, 11) is -3.58. The van der Waals surface area contributed by atoms with Crippen molar-refractivity contribution in [2.45, 2.75) is 55.6 Å². The lowest BCUT2D eigenvalue weighted by Gasteiger charge is -2.29. The predicted molar refractivity (Wildman–Crippen MR) is 174 cm³/mol. The van der Waals surface area contributed by atoms with E-state index in [2.05, 4.69) is 21.6 Å². The first-order valence-electron chi connectivity index (χ1n) is 15.2. The summed E-state index contributed by atoms with van der Waals surface area (Å²) in [6, 6.07) is 21.9. The molecule has 6 rings (SSSR count). The fourth-order valence-corrected chi connectivity index (χ4v) is 8.19. The Labute approximate surface area is 267 Å². The van der Waals surface area contributed by atoms with Gasteiger partial charge in [0.1, 0.15) is 0 Å². The van der Waals surface area contributed by atoms with Crippen molar-refractivity contribution in [1.82, 2.24) is 24.4 Å². The van der Waals surface area contributed by atoms with Crippen LogP contribution in [0.25, 0.3) is 5.69 Å². The molecule has 3 aromatic carbocycles. The highest BCUT2D eigenvalue weighted by Gasteiger charge is 2.27. The van der Waals surface area contributed by atoms with Crippen LogP contribution < -0.4 is 10.2 Å². The number of para-hydroxylation sites is 1. The second-order valence-corrected chi connectivity index (χ2v) is 14.2. The number of carbonyl (C=O) groups excluding carboxylic acids is 2. The van der Waals surface area contributed by atoms with Gasteiger partial charge in [-0.1, -0.05) is 48.5 Å². The quantitative estimate of drug-likeness (QED) is 0.261. The number of carbonyl (C=O) groups is 2. The Hall–Kier alpha value is -4.00. The average molecular weight is 645 g/mol. The molecule has 0 aliphatic carbocycles. The first-order valence-corrected chi connectivity index (χ1v) is 17.6. The van der Waals surface area contributed by atoms with Crippen LogP contribution in [-0.2, 0) is 27.8 Å². The van der Waals surface area contributed by atoms with Gasteiger partial charge in [-0.2, -0.15) is 4.31 Å². The largest absolute Gasteiger partial charge is 0.345 e. The standard InChI is InChI=1S/C33H36N6O4S2/c1-24-9-7-12-27(21-24)39-30(35-36-33(39)44-23-31(40)38-20-8-11-25-10-3-4-13-29(25)38)22-34-32(41)26-14-16-28(17-15-26)45(42,43)37-18-5-2-6-19-37/h3-4,7,9-10,12-17,21H,2,5-6,8,11,18-20,22-23H2,1H3,(H,34,41). The highest BCUT2D eigenvalue weighted by molar-refractivity contribution is 7.99. The Morgan fingerprint density at radius 3 is 2.44 bits per heavy atom. The fourth-order valence-electron chi connectivity index (χ4n) is 5.83. The molecule has 1 saturated heterocycles. The molecule has 1 fully saturated rings. The number of aromatic nitrogens is 3. The number of sulfonamides is 1. The number of anilines is 1. The summed E-state index contributed by atoms with van der Waals surface area (Å²) >= 11 is 1.32. The number of rotatable bonds is 9. The molecule has 0 radical (unpaired) electrons. The Morgan fingerprint density at radius 1 is 0.889 bits per heavy atom. The van der Waals surface area contributed by atoms with E-state index in [-0.39, 0.29) is 29.0 Å². The van der Waals surface area contributed by atoms with Gasteiger partial charge >= 0.3 is 0 Å². The number of hydrogen-bond acceptors (Lipinski definition) is 7. The normalized spacial score (nSPS) is 15.4. The molecule has 10 nitrogen and oxygen atoms in total. The minimum absolute atomic E-state index is 0.00606. The zero-order valence-electron chi connectivity index (χ0n) is 25.2. The Morgan fingerprint density at radius 2 is 1.67 bits per heavy atom. The molecule has 0 bridgehead atoms. The van der Waals surface area contributed by atoms with E-state index in [0.717, 1.165) is 49.0 Å². The molecule has 0 spiro atoms. The second kappa shape index (κ2) is 13.6. The van der Waals surface area contributed by atoms with Gasteiger partial charge in [0.05, 0.1) is 17.2 Å². The van der Waals surface area contributed by atoms with Crippen molar-refractivity contribution in [1.29, 1.82) is 0 Å². The smallest absolute Gasteiger partial charge is 0.251 e. The number of piperidine rings is 1. The van der Waals surface area contributed by atoms with E-state index < -0.39 is 10.0 Å². The van der Waals surface area contributed by atoms with E-state index in [1.165, 1.54) is 45.9 Å². The molecule has 234 valence electrons. The first kappa shape index (κ1) is 31.0. The summed E-state index contributed by atoms with van der Waals surface area (Å²) in [5.41, 5.74) is 4.37. The maximum absolute atomic E-state index is 13.3. The van der Waals surface area contributed by atoms with E-state index in [9.17, 15) is 18.0 Å². The van der Waals surface area contributed by atoms with Gasteiger partial charge in [0.2, 0.25) is 15.9 Å². The molecule has 2 aliphatic rings. The van der Waals surface area contributed by atoms with Gasteiger partial charge in [-0.05, 0) is 86.2 Å². The number of nitrogens with one attached hydrogen (secondary N) is 1. The van der Waals surface area contributed by atoms with E-state index >= 15 is 0 Å². The number of thioether (sulfide) groups is 1. The van der Waals surface area contributed by atoms with Crippen molar-refractivity contribution in [2.24, 2.45) is 0 Å². The van der Waals surface area contributed by atoms with Crippen LogP contribution in [0.15, 0.2) is 82.8 Å². The third-order valence-corrected chi connectivity index (χ3v) is 11.0. The van der Waals surface area contributed by atoms with Crippen molar-refractivity contribution < 1.29 is 18.0 Å². The lowest BCUT2D eigenvalue weighted by Crippen LogP contribution is -2.36. The lowest BCUT2D eigenvalue weighted by molar-refractivity contribution is -0.116. The monoisotopic (exact) mass is 644 g/mol. The highest BCUT2D eigenvalue weighted by atomic mass is 32.2. The molecule has 2 aliphatic heterocycles. The van der Waals surface area contributed by atoms with Crippen LogP contribution in [0.4, 0.5) is 5.69 Å². The van der Waals surface area contributed by atoms with Crippen LogP contribution in [0, 0.1) is 6.92 Å². The van der Waals surface area contributed by atoms with Gasteiger partial charge in [-0.15, -0.1) is 10.2 Å². The number of nitrogens with zero attached hydrogens (tertiary/aromatic N) is 5. The van der Waals surface area contributed by atoms with Gasteiger partial charge in [0, 0.05) is 36.6 Å². The number of aryl methyl sites for hydroxylation is 2. The van der Waals surface area contributed by atoms with Crippen LogP contribution in [0.1, 0.15) is 53.0 Å². The van der Waals surface area contributed by atoms with Crippen LogP contribution >= 0.6 is 11.8 Å². The third-order valence-electron chi connectivity index (χ3n) is 8.17. The van der Waals surface area contributed by atoms with Crippen molar-refractivity contribution in [3.05, 3.63) is 95.3 Å². The average Bonchev–Trinajstić information content (AvgIpc) is 3.49. The molecule has 12 heteroatoms. The number of fused-ring (bicyclic) bond motifs is 1. The van der Waals surface area contributed by atoms with Crippen LogP contribution in [-0.4, -0.2) is 64.7 Å². The number of hydrogen-bond donors (Lipinski definition) is 1. The molecule has 0 saturated carbocycles. The van der Waals surface area contributed by atoms with E-state index in [1.807, 2.05) is 58.9 Å². The summed E-state index contributed by atoms with van der Waals surface area (Å²) in [5.74, 6) is 0.351. The summed E-state index contributed by atoms with van der Waals surface area (Å²) < 4.78 is 29.4. The zero-order chi connectivity index (χ0) is 31.4. The van der Waals surface area contributed by atoms with E-state index in [1.54, 1.807) is 0 Å². The topological polar surface area (TPSA) is 117 Å². The first-order chi connectivity index (χ1) is 21.8. The van der Waals surface area contributed by atoms with Crippen LogP contribution in [0.2, 0.25) is 0 Å². The molecule has 1 aromatic heterocycles. The summed E-state index contributed by atoms with van der Waals surface area (Å²) in [6.07, 6.45) is 4.64.